The molecule has 1 saturated carbocycles. The van der Waals surface area contributed by atoms with Crippen LogP contribution in [0.3, 0.4) is 0 Å². The van der Waals surface area contributed by atoms with Gasteiger partial charge in [0.25, 0.3) is 5.91 Å². The fraction of sp³-hybridized carbons (Fsp3) is 0.462. The number of ether oxygens (including phenoxy) is 1. The first kappa shape index (κ1) is 16.1. The maximum Gasteiger partial charge on any atom is 0.422 e. The Morgan fingerprint density at radius 3 is 2.64 bits per heavy atom. The summed E-state index contributed by atoms with van der Waals surface area (Å²) in [6.45, 7) is -1.97. The standard InChI is InChI=1S/C13H13F3N2O4/c14-13(15,16)7-22-10-5-8(3-4-17-10)12(21)18(6-11(19)20)9-1-2-9/h3-5,9H,1-2,6-7H2,(H,19,20). The lowest BCUT2D eigenvalue weighted by atomic mass is 10.2. The van der Waals surface area contributed by atoms with Crippen molar-refractivity contribution in [2.24, 2.45) is 0 Å². The summed E-state index contributed by atoms with van der Waals surface area (Å²) in [4.78, 5) is 27.9. The number of pyridine rings is 1. The molecule has 0 bridgehead atoms. The second kappa shape index (κ2) is 6.20. The second-order valence-electron chi connectivity index (χ2n) is 4.84. The van der Waals surface area contributed by atoms with E-state index in [1.54, 1.807) is 0 Å². The minimum absolute atomic E-state index is 0.0420. The number of hydrogen-bond donors (Lipinski definition) is 1. The Morgan fingerprint density at radius 2 is 2.09 bits per heavy atom. The number of alkyl halides is 3. The van der Waals surface area contributed by atoms with E-state index in [4.69, 9.17) is 5.11 Å². The molecule has 0 unspecified atom stereocenters. The highest BCUT2D eigenvalue weighted by atomic mass is 19.4. The molecule has 1 N–H and O–H groups in total. The highest BCUT2D eigenvalue weighted by Gasteiger charge is 2.34. The molecule has 1 heterocycles. The zero-order valence-electron chi connectivity index (χ0n) is 11.3. The van der Waals surface area contributed by atoms with Gasteiger partial charge in [0.2, 0.25) is 5.88 Å². The first-order valence-electron chi connectivity index (χ1n) is 6.44. The van der Waals surface area contributed by atoms with Gasteiger partial charge >= 0.3 is 12.1 Å². The number of aliphatic carboxylic acids is 1. The van der Waals surface area contributed by atoms with E-state index in [1.165, 1.54) is 11.0 Å². The number of hydrogen-bond acceptors (Lipinski definition) is 4. The molecule has 120 valence electrons. The van der Waals surface area contributed by atoms with Crippen LogP contribution in [0.1, 0.15) is 23.2 Å². The Kier molecular flexibility index (Phi) is 4.53. The fourth-order valence-corrected chi connectivity index (χ4v) is 1.84. The Bertz CT molecular complexity index is 573. The van der Waals surface area contributed by atoms with Crippen LogP contribution in [0.4, 0.5) is 13.2 Å². The monoisotopic (exact) mass is 318 g/mol. The van der Waals surface area contributed by atoms with E-state index in [9.17, 15) is 22.8 Å². The number of carboxylic acids is 1. The van der Waals surface area contributed by atoms with Crippen LogP contribution in [0.2, 0.25) is 0 Å². The SMILES string of the molecule is O=C(O)CN(C(=O)c1ccnc(OCC(F)(F)F)c1)C1CC1. The molecule has 1 aromatic heterocycles. The van der Waals surface area contributed by atoms with Crippen molar-refractivity contribution in [3.63, 3.8) is 0 Å². The minimum Gasteiger partial charge on any atom is -0.480 e. The van der Waals surface area contributed by atoms with Crippen molar-refractivity contribution in [1.29, 1.82) is 0 Å². The summed E-state index contributed by atoms with van der Waals surface area (Å²) in [5.41, 5.74) is 0.0420. The van der Waals surface area contributed by atoms with Crippen LogP contribution in [0.5, 0.6) is 5.88 Å². The predicted molar refractivity (Wildman–Crippen MR) is 67.5 cm³/mol. The van der Waals surface area contributed by atoms with Gasteiger partial charge < -0.3 is 14.7 Å². The molecule has 1 amide bonds. The van der Waals surface area contributed by atoms with E-state index >= 15 is 0 Å². The third kappa shape index (κ3) is 4.61. The number of carboxylic acid groups (broad SMARTS) is 1. The van der Waals surface area contributed by atoms with Crippen molar-refractivity contribution in [3.8, 4) is 5.88 Å². The van der Waals surface area contributed by atoms with Crippen LogP contribution in [0.15, 0.2) is 18.3 Å². The molecule has 0 atom stereocenters. The topological polar surface area (TPSA) is 79.7 Å². The number of amides is 1. The van der Waals surface area contributed by atoms with Crippen molar-refractivity contribution in [3.05, 3.63) is 23.9 Å². The Morgan fingerprint density at radius 1 is 1.41 bits per heavy atom. The van der Waals surface area contributed by atoms with Crippen LogP contribution in [0.25, 0.3) is 0 Å². The molecule has 22 heavy (non-hydrogen) atoms. The Hall–Kier alpha value is -2.32. The summed E-state index contributed by atoms with van der Waals surface area (Å²) in [6.07, 6.45) is -1.95. The third-order valence-electron chi connectivity index (χ3n) is 2.92. The molecule has 1 aromatic rings. The van der Waals surface area contributed by atoms with E-state index in [2.05, 4.69) is 9.72 Å². The summed E-state index contributed by atoms with van der Waals surface area (Å²) in [5.74, 6) is -2.05. The molecule has 0 radical (unpaired) electrons. The first-order chi connectivity index (χ1) is 10.3. The van der Waals surface area contributed by atoms with Gasteiger partial charge in [-0.1, -0.05) is 0 Å². The molecule has 0 spiro atoms. The minimum atomic E-state index is -4.51. The van der Waals surface area contributed by atoms with E-state index in [0.29, 0.717) is 12.8 Å². The third-order valence-corrected chi connectivity index (χ3v) is 2.92. The van der Waals surface area contributed by atoms with Gasteiger partial charge in [-0.05, 0) is 18.9 Å². The quantitative estimate of drug-likeness (QED) is 0.864. The summed E-state index contributed by atoms with van der Waals surface area (Å²) >= 11 is 0. The molecule has 9 heteroatoms. The average molecular weight is 318 g/mol. The number of nitrogens with zero attached hydrogens (tertiary/aromatic N) is 2. The lowest BCUT2D eigenvalue weighted by Gasteiger charge is -2.20. The highest BCUT2D eigenvalue weighted by molar-refractivity contribution is 5.96. The van der Waals surface area contributed by atoms with Crippen molar-refractivity contribution >= 4 is 11.9 Å². The van der Waals surface area contributed by atoms with Crippen LogP contribution >= 0.6 is 0 Å². The van der Waals surface area contributed by atoms with Crippen LogP contribution in [-0.2, 0) is 4.79 Å². The Balaban J connectivity index is 2.10. The maximum absolute atomic E-state index is 12.3. The summed E-state index contributed by atoms with van der Waals surface area (Å²) in [7, 11) is 0. The van der Waals surface area contributed by atoms with E-state index < -0.39 is 31.2 Å². The number of carbonyl (C=O) groups excluding carboxylic acids is 1. The number of aromatic nitrogens is 1. The van der Waals surface area contributed by atoms with Crippen molar-refractivity contribution < 1.29 is 32.6 Å². The molecule has 0 aliphatic heterocycles. The molecule has 0 aromatic carbocycles. The predicted octanol–water partition coefficient (Wildman–Crippen LogP) is 1.71. The van der Waals surface area contributed by atoms with Crippen LogP contribution in [0, 0.1) is 0 Å². The molecular formula is C13H13F3N2O4. The Labute approximate surface area is 123 Å². The van der Waals surface area contributed by atoms with Crippen LogP contribution in [-0.4, -0.2) is 52.2 Å². The van der Waals surface area contributed by atoms with Crippen molar-refractivity contribution in [2.75, 3.05) is 13.2 Å². The molecule has 6 nitrogen and oxygen atoms in total. The molecule has 0 saturated heterocycles. The number of halogens is 3. The summed E-state index contributed by atoms with van der Waals surface area (Å²) in [5, 5.41) is 8.83. The van der Waals surface area contributed by atoms with Gasteiger partial charge in [-0.25, -0.2) is 4.98 Å². The zero-order chi connectivity index (χ0) is 16.3. The van der Waals surface area contributed by atoms with E-state index in [1.807, 2.05) is 0 Å². The van der Waals surface area contributed by atoms with Gasteiger partial charge in [0.05, 0.1) is 0 Å². The van der Waals surface area contributed by atoms with Gasteiger partial charge in [0.15, 0.2) is 6.61 Å². The van der Waals surface area contributed by atoms with Gasteiger partial charge in [0, 0.05) is 23.9 Å². The summed E-state index contributed by atoms with van der Waals surface area (Å²) < 4.78 is 40.8. The number of rotatable bonds is 6. The van der Waals surface area contributed by atoms with Crippen molar-refractivity contribution in [1.82, 2.24) is 9.88 Å². The molecule has 2 rings (SSSR count). The first-order valence-corrected chi connectivity index (χ1v) is 6.44. The van der Waals surface area contributed by atoms with Crippen LogP contribution < -0.4 is 4.74 Å². The lowest BCUT2D eigenvalue weighted by molar-refractivity contribution is -0.154. The van der Waals surface area contributed by atoms with Gasteiger partial charge in [-0.15, -0.1) is 0 Å². The molecular weight excluding hydrogens is 305 g/mol. The average Bonchev–Trinajstić information content (AvgIpc) is 3.26. The molecule has 1 aliphatic carbocycles. The zero-order valence-corrected chi connectivity index (χ0v) is 11.3. The second-order valence-corrected chi connectivity index (χ2v) is 4.84. The number of carbonyl (C=O) groups is 2. The van der Waals surface area contributed by atoms with Gasteiger partial charge in [0.1, 0.15) is 6.54 Å². The summed E-state index contributed by atoms with van der Waals surface area (Å²) in [6, 6.07) is 2.24. The fourth-order valence-electron chi connectivity index (χ4n) is 1.84. The molecule has 1 fully saturated rings. The van der Waals surface area contributed by atoms with Gasteiger partial charge in [-0.3, -0.25) is 9.59 Å². The lowest BCUT2D eigenvalue weighted by Crippen LogP contribution is -2.37. The smallest absolute Gasteiger partial charge is 0.422 e. The highest BCUT2D eigenvalue weighted by Crippen LogP contribution is 2.28. The molecule has 1 aliphatic rings. The van der Waals surface area contributed by atoms with E-state index in [-0.39, 0.29) is 17.5 Å². The van der Waals surface area contributed by atoms with Crippen molar-refractivity contribution in [2.45, 2.75) is 25.1 Å². The largest absolute Gasteiger partial charge is 0.480 e. The maximum atomic E-state index is 12.3. The normalized spacial score (nSPS) is 14.5. The van der Waals surface area contributed by atoms with Gasteiger partial charge in [-0.2, -0.15) is 13.2 Å². The van der Waals surface area contributed by atoms with E-state index in [0.717, 1.165) is 12.3 Å².